The summed E-state index contributed by atoms with van der Waals surface area (Å²) in [5, 5.41) is 0. The number of alkyl halides is 3. The van der Waals surface area contributed by atoms with Crippen LogP contribution in [0.5, 0.6) is 0 Å². The van der Waals surface area contributed by atoms with Gasteiger partial charge in [-0.15, -0.1) is 0 Å². The molecule has 4 nitrogen and oxygen atoms in total. The highest BCUT2D eigenvalue weighted by Crippen LogP contribution is 2.37. The van der Waals surface area contributed by atoms with Crippen LogP contribution in [-0.2, 0) is 12.7 Å². The fourth-order valence-electron chi connectivity index (χ4n) is 4.84. The number of nitrogens with zero attached hydrogens (tertiary/aromatic N) is 2. The molecule has 35 heavy (non-hydrogen) atoms. The van der Waals surface area contributed by atoms with Gasteiger partial charge in [0.25, 0.3) is 5.91 Å². The van der Waals surface area contributed by atoms with Gasteiger partial charge in [-0.05, 0) is 67.8 Å². The summed E-state index contributed by atoms with van der Waals surface area (Å²) >= 11 is 0. The second kappa shape index (κ2) is 10.2. The first-order valence-electron chi connectivity index (χ1n) is 11.7. The molecular formula is C27H29F4N3O. The van der Waals surface area contributed by atoms with Crippen molar-refractivity contribution in [3.8, 4) is 0 Å². The number of halogens is 4. The highest BCUT2D eigenvalue weighted by atomic mass is 19.4. The number of aromatic amines is 1. The Hall–Kier alpha value is -3.13. The van der Waals surface area contributed by atoms with Gasteiger partial charge in [-0.2, -0.15) is 13.2 Å². The molecule has 2 atom stereocenters. The smallest absolute Gasteiger partial charge is 0.364 e. The van der Waals surface area contributed by atoms with Crippen LogP contribution in [0.15, 0.2) is 66.9 Å². The summed E-state index contributed by atoms with van der Waals surface area (Å²) in [5.74, 6) is -0.876. The van der Waals surface area contributed by atoms with Crippen LogP contribution in [0.25, 0.3) is 0 Å². The Labute approximate surface area is 202 Å². The summed E-state index contributed by atoms with van der Waals surface area (Å²) < 4.78 is 53.7. The van der Waals surface area contributed by atoms with Crippen LogP contribution in [-0.4, -0.2) is 46.4 Å². The molecule has 0 bridgehead atoms. The number of hydrogen-bond acceptors (Lipinski definition) is 2. The third-order valence-electron chi connectivity index (χ3n) is 6.62. The zero-order valence-corrected chi connectivity index (χ0v) is 19.7. The molecule has 1 fully saturated rings. The Bertz CT molecular complexity index is 1130. The number of amides is 1. The lowest BCUT2D eigenvalue weighted by atomic mass is 9.87. The zero-order chi connectivity index (χ0) is 25.2. The van der Waals surface area contributed by atoms with Gasteiger partial charge in [0.1, 0.15) is 5.82 Å². The molecule has 2 heterocycles. The van der Waals surface area contributed by atoms with Crippen LogP contribution >= 0.6 is 0 Å². The largest absolute Gasteiger partial charge is 0.416 e. The van der Waals surface area contributed by atoms with E-state index in [1.807, 2.05) is 32.2 Å². The third kappa shape index (κ3) is 5.93. The first-order valence-corrected chi connectivity index (χ1v) is 11.7. The van der Waals surface area contributed by atoms with Crippen molar-refractivity contribution >= 4 is 5.91 Å². The maximum atomic E-state index is 13.4. The van der Waals surface area contributed by atoms with Gasteiger partial charge in [0.05, 0.1) is 5.56 Å². The average molecular weight is 488 g/mol. The average Bonchev–Trinajstić information content (AvgIpc) is 3.47. The van der Waals surface area contributed by atoms with E-state index in [0.29, 0.717) is 37.3 Å². The van der Waals surface area contributed by atoms with E-state index in [1.165, 1.54) is 36.4 Å². The number of carbonyl (C=O) groups is 1. The van der Waals surface area contributed by atoms with Gasteiger partial charge in [-0.3, -0.25) is 9.69 Å². The quantitative estimate of drug-likeness (QED) is 0.419. The molecule has 1 aromatic heterocycles. The van der Waals surface area contributed by atoms with E-state index in [1.54, 1.807) is 11.0 Å². The van der Waals surface area contributed by atoms with E-state index in [2.05, 4.69) is 9.88 Å². The molecule has 1 aliphatic rings. The molecule has 0 saturated carbocycles. The van der Waals surface area contributed by atoms with Gasteiger partial charge in [0, 0.05) is 55.6 Å². The van der Waals surface area contributed by atoms with Gasteiger partial charge >= 0.3 is 6.18 Å². The lowest BCUT2D eigenvalue weighted by Crippen LogP contribution is -2.42. The highest BCUT2D eigenvalue weighted by Gasteiger charge is 2.38. The molecule has 186 valence electrons. The van der Waals surface area contributed by atoms with E-state index in [0.717, 1.165) is 11.8 Å². The van der Waals surface area contributed by atoms with Crippen LogP contribution in [0.2, 0.25) is 0 Å². The molecule has 2 aromatic carbocycles. The van der Waals surface area contributed by atoms with E-state index in [4.69, 9.17) is 0 Å². The standard InChI is InChI=1S/C27H29F4N3O/c1-18(2)34(26(35)19-8-10-23(28)11-9-19)15-21-14-33(16-24-7-4-12-32-24)17-25(21)20-5-3-6-22(13-20)27(29,30)31/h3-13,18,21,25,32H,14-17H2,1-2H3/t21-,25-/m0/s1. The Kier molecular flexibility index (Phi) is 7.31. The molecule has 8 heteroatoms. The van der Waals surface area contributed by atoms with E-state index < -0.39 is 17.6 Å². The first kappa shape index (κ1) is 25.0. The molecule has 1 N–H and O–H groups in total. The lowest BCUT2D eigenvalue weighted by molar-refractivity contribution is -0.137. The van der Waals surface area contributed by atoms with E-state index in [9.17, 15) is 22.4 Å². The Morgan fingerprint density at radius 1 is 1.09 bits per heavy atom. The summed E-state index contributed by atoms with van der Waals surface area (Å²) in [6, 6.07) is 14.7. The molecule has 3 aromatic rings. The number of hydrogen-bond donors (Lipinski definition) is 1. The van der Waals surface area contributed by atoms with Crippen LogP contribution in [0.4, 0.5) is 17.6 Å². The molecule has 4 rings (SSSR count). The number of likely N-dealkylation sites (tertiary alicyclic amines) is 1. The molecule has 1 aliphatic heterocycles. The Balaban J connectivity index is 1.61. The number of rotatable bonds is 7. The Morgan fingerprint density at radius 3 is 2.46 bits per heavy atom. The predicted molar refractivity (Wildman–Crippen MR) is 126 cm³/mol. The van der Waals surface area contributed by atoms with Crippen molar-refractivity contribution in [2.45, 2.75) is 38.5 Å². The maximum absolute atomic E-state index is 13.4. The molecule has 0 spiro atoms. The minimum Gasteiger partial charge on any atom is -0.364 e. The molecule has 1 saturated heterocycles. The topological polar surface area (TPSA) is 39.3 Å². The number of nitrogens with one attached hydrogen (secondary N) is 1. The first-order chi connectivity index (χ1) is 16.6. The van der Waals surface area contributed by atoms with Crippen LogP contribution in [0.3, 0.4) is 0 Å². The van der Waals surface area contributed by atoms with Crippen molar-refractivity contribution in [2.24, 2.45) is 5.92 Å². The van der Waals surface area contributed by atoms with Crippen molar-refractivity contribution in [1.82, 2.24) is 14.8 Å². The fourth-order valence-corrected chi connectivity index (χ4v) is 4.84. The van der Waals surface area contributed by atoms with Gasteiger partial charge in [0.15, 0.2) is 0 Å². The number of aromatic nitrogens is 1. The van der Waals surface area contributed by atoms with Crippen molar-refractivity contribution in [3.05, 3.63) is 95.1 Å². The normalized spacial score (nSPS) is 18.8. The second-order valence-corrected chi connectivity index (χ2v) is 9.44. The third-order valence-corrected chi connectivity index (χ3v) is 6.62. The second-order valence-electron chi connectivity index (χ2n) is 9.44. The molecule has 0 aliphatic carbocycles. The summed E-state index contributed by atoms with van der Waals surface area (Å²) in [5.41, 5.74) is 1.37. The van der Waals surface area contributed by atoms with Crippen molar-refractivity contribution in [2.75, 3.05) is 19.6 Å². The van der Waals surface area contributed by atoms with Crippen molar-refractivity contribution in [3.63, 3.8) is 0 Å². The summed E-state index contributed by atoms with van der Waals surface area (Å²) in [4.78, 5) is 20.4. The van der Waals surface area contributed by atoms with Crippen LogP contribution in [0.1, 0.15) is 46.9 Å². The number of benzene rings is 2. The molecule has 0 unspecified atom stereocenters. The molecule has 0 radical (unpaired) electrons. The van der Waals surface area contributed by atoms with Gasteiger partial charge in [-0.25, -0.2) is 4.39 Å². The molecule has 1 amide bonds. The lowest BCUT2D eigenvalue weighted by Gasteiger charge is -2.32. The maximum Gasteiger partial charge on any atom is 0.416 e. The van der Waals surface area contributed by atoms with Crippen LogP contribution < -0.4 is 0 Å². The summed E-state index contributed by atoms with van der Waals surface area (Å²) in [6.45, 7) is 6.07. The highest BCUT2D eigenvalue weighted by molar-refractivity contribution is 5.94. The van der Waals surface area contributed by atoms with Gasteiger partial charge < -0.3 is 9.88 Å². The fraction of sp³-hybridized carbons (Fsp3) is 0.370. The van der Waals surface area contributed by atoms with Crippen molar-refractivity contribution < 1.29 is 22.4 Å². The monoisotopic (exact) mass is 487 g/mol. The minimum atomic E-state index is -4.42. The number of carbonyl (C=O) groups excluding carboxylic acids is 1. The predicted octanol–water partition coefficient (Wildman–Crippen LogP) is 5.94. The van der Waals surface area contributed by atoms with Gasteiger partial charge in [0.2, 0.25) is 0 Å². The Morgan fingerprint density at radius 2 is 1.83 bits per heavy atom. The van der Waals surface area contributed by atoms with E-state index in [-0.39, 0.29) is 23.8 Å². The summed E-state index contributed by atoms with van der Waals surface area (Å²) in [7, 11) is 0. The number of H-pyrrole nitrogens is 1. The van der Waals surface area contributed by atoms with Gasteiger partial charge in [-0.1, -0.05) is 18.2 Å². The summed E-state index contributed by atoms with van der Waals surface area (Å²) in [6.07, 6.45) is -2.58. The molecular weight excluding hydrogens is 458 g/mol. The zero-order valence-electron chi connectivity index (χ0n) is 19.7. The van der Waals surface area contributed by atoms with Crippen molar-refractivity contribution in [1.29, 1.82) is 0 Å². The van der Waals surface area contributed by atoms with Crippen LogP contribution in [0, 0.1) is 11.7 Å². The van der Waals surface area contributed by atoms with E-state index >= 15 is 0 Å². The minimum absolute atomic E-state index is 0.0692. The SMILES string of the molecule is CC(C)N(C[C@@H]1CN(Cc2ccc[nH]2)C[C@H]1c1cccc(C(F)(F)F)c1)C(=O)c1ccc(F)cc1.